The van der Waals surface area contributed by atoms with Gasteiger partial charge in [0.2, 0.25) is 0 Å². The summed E-state index contributed by atoms with van der Waals surface area (Å²) in [5.74, 6) is -0.371. The molecule has 6 heteroatoms. The van der Waals surface area contributed by atoms with Crippen molar-refractivity contribution in [2.45, 2.75) is 44.4 Å². The van der Waals surface area contributed by atoms with Crippen LogP contribution in [0.5, 0.6) is 0 Å². The normalized spacial score (nSPS) is 46.6. The van der Waals surface area contributed by atoms with E-state index in [1.165, 1.54) is 0 Å². The number of carbonyl (C=O) groups excluding carboxylic acids is 1. The van der Waals surface area contributed by atoms with Crippen LogP contribution in [0.15, 0.2) is 4.99 Å². The number of nitrogens with two attached hydrogens (primary N) is 1. The predicted octanol–water partition coefficient (Wildman–Crippen LogP) is -1.04. The Morgan fingerprint density at radius 3 is 2.76 bits per heavy atom. The molecular weight excluding hydrogens is 222 g/mol. The summed E-state index contributed by atoms with van der Waals surface area (Å²) in [5.41, 5.74) is 4.59. The zero-order valence-electron chi connectivity index (χ0n) is 10.1. The van der Waals surface area contributed by atoms with Crippen LogP contribution in [-0.2, 0) is 4.79 Å². The lowest BCUT2D eigenvalue weighted by Crippen LogP contribution is -2.64. The molecular formula is C11H19N3O3. The molecule has 5 N–H and O–H groups in total. The SMILES string of the molecule is C[C@@H]1C[C@@H](C)[C@@]2(C[C@H]1O)N=C(N)NC(=O)[C@H]2O. The summed E-state index contributed by atoms with van der Waals surface area (Å²) in [5, 5.41) is 22.3. The highest BCUT2D eigenvalue weighted by molar-refractivity contribution is 6.01. The number of nitrogens with one attached hydrogen (secondary N) is 1. The van der Waals surface area contributed by atoms with Crippen LogP contribution in [0.4, 0.5) is 0 Å². The first-order valence-electron chi connectivity index (χ1n) is 5.89. The van der Waals surface area contributed by atoms with Crippen molar-refractivity contribution in [3.63, 3.8) is 0 Å². The molecule has 1 saturated carbocycles. The standard InChI is InChI=1S/C11H19N3O3/c1-5-3-6(2)11(4-7(5)15)8(16)9(17)13-10(12)14-11/h5-8,15-16H,3-4H2,1-2H3,(H3,12,13,14,17)/t5-,6-,7-,8-,11-/m1/s1. The van der Waals surface area contributed by atoms with Gasteiger partial charge in [0.05, 0.1) is 6.10 Å². The van der Waals surface area contributed by atoms with Crippen molar-refractivity contribution < 1.29 is 15.0 Å². The molecule has 1 heterocycles. The van der Waals surface area contributed by atoms with E-state index < -0.39 is 23.7 Å². The first-order chi connectivity index (χ1) is 7.86. The fourth-order valence-corrected chi connectivity index (χ4v) is 2.93. The second kappa shape index (κ2) is 3.96. The number of guanidine groups is 1. The van der Waals surface area contributed by atoms with Crippen molar-refractivity contribution in [1.29, 1.82) is 0 Å². The van der Waals surface area contributed by atoms with Crippen LogP contribution in [0.25, 0.3) is 0 Å². The minimum atomic E-state index is -1.24. The van der Waals surface area contributed by atoms with E-state index in [1.807, 2.05) is 13.8 Å². The van der Waals surface area contributed by atoms with E-state index in [0.717, 1.165) is 0 Å². The number of nitrogens with zero attached hydrogens (tertiary/aromatic N) is 1. The average Bonchev–Trinajstić information content (AvgIpc) is 2.23. The Hall–Kier alpha value is -1.14. The molecule has 6 nitrogen and oxygen atoms in total. The summed E-state index contributed by atoms with van der Waals surface area (Å²) in [6.45, 7) is 3.89. The summed E-state index contributed by atoms with van der Waals surface area (Å²) in [7, 11) is 0. The van der Waals surface area contributed by atoms with Crippen LogP contribution in [0.3, 0.4) is 0 Å². The van der Waals surface area contributed by atoms with E-state index in [9.17, 15) is 15.0 Å². The Labute approximate surface area is 99.9 Å². The number of carbonyl (C=O) groups is 1. The summed E-state index contributed by atoms with van der Waals surface area (Å²) in [6, 6.07) is 0. The number of hydrogen-bond acceptors (Lipinski definition) is 5. The molecule has 5 atom stereocenters. The highest BCUT2D eigenvalue weighted by Gasteiger charge is 2.53. The lowest BCUT2D eigenvalue weighted by atomic mass is 9.65. The van der Waals surface area contributed by atoms with Crippen molar-refractivity contribution in [1.82, 2.24) is 5.32 Å². The summed E-state index contributed by atoms with van der Waals surface area (Å²) >= 11 is 0. The molecule has 17 heavy (non-hydrogen) atoms. The number of hydrogen-bond donors (Lipinski definition) is 4. The molecule has 1 aliphatic heterocycles. The molecule has 1 spiro atoms. The average molecular weight is 241 g/mol. The van der Waals surface area contributed by atoms with E-state index in [-0.39, 0.29) is 24.2 Å². The van der Waals surface area contributed by atoms with Crippen molar-refractivity contribution >= 4 is 11.9 Å². The van der Waals surface area contributed by atoms with Gasteiger partial charge in [-0.25, -0.2) is 4.99 Å². The van der Waals surface area contributed by atoms with Crippen LogP contribution in [0, 0.1) is 11.8 Å². The number of aliphatic hydroxyl groups is 2. The molecule has 2 rings (SSSR count). The van der Waals surface area contributed by atoms with E-state index >= 15 is 0 Å². The Balaban J connectivity index is 2.39. The van der Waals surface area contributed by atoms with E-state index in [4.69, 9.17) is 5.73 Å². The molecule has 1 fully saturated rings. The van der Waals surface area contributed by atoms with Gasteiger partial charge in [0.1, 0.15) is 5.54 Å². The molecule has 0 aromatic heterocycles. The van der Waals surface area contributed by atoms with E-state index in [2.05, 4.69) is 10.3 Å². The van der Waals surface area contributed by atoms with Crippen LogP contribution >= 0.6 is 0 Å². The fraction of sp³-hybridized carbons (Fsp3) is 0.818. The third-order valence-electron chi connectivity index (χ3n) is 4.07. The molecule has 2 aliphatic rings. The van der Waals surface area contributed by atoms with Gasteiger partial charge in [-0.3, -0.25) is 10.1 Å². The third-order valence-corrected chi connectivity index (χ3v) is 4.07. The predicted molar refractivity (Wildman–Crippen MR) is 62.1 cm³/mol. The lowest BCUT2D eigenvalue weighted by molar-refractivity contribution is -0.137. The Morgan fingerprint density at radius 1 is 1.47 bits per heavy atom. The zero-order valence-corrected chi connectivity index (χ0v) is 10.1. The molecule has 0 unspecified atom stereocenters. The van der Waals surface area contributed by atoms with Gasteiger partial charge in [-0.1, -0.05) is 13.8 Å². The van der Waals surface area contributed by atoms with Crippen LogP contribution < -0.4 is 11.1 Å². The highest BCUT2D eigenvalue weighted by atomic mass is 16.3. The minimum Gasteiger partial charge on any atom is -0.393 e. The Bertz CT molecular complexity index is 371. The topological polar surface area (TPSA) is 108 Å². The van der Waals surface area contributed by atoms with E-state index in [1.54, 1.807) is 0 Å². The summed E-state index contributed by atoms with van der Waals surface area (Å²) < 4.78 is 0. The number of aliphatic hydroxyl groups excluding tert-OH is 2. The van der Waals surface area contributed by atoms with Gasteiger partial charge >= 0.3 is 0 Å². The van der Waals surface area contributed by atoms with Crippen molar-refractivity contribution in [3.05, 3.63) is 0 Å². The molecule has 0 aromatic carbocycles. The van der Waals surface area contributed by atoms with Crippen molar-refractivity contribution in [3.8, 4) is 0 Å². The highest BCUT2D eigenvalue weighted by Crippen LogP contribution is 2.42. The zero-order chi connectivity index (χ0) is 12.8. The van der Waals surface area contributed by atoms with Gasteiger partial charge < -0.3 is 15.9 Å². The number of rotatable bonds is 0. The maximum absolute atomic E-state index is 11.6. The third kappa shape index (κ3) is 1.81. The Kier molecular flexibility index (Phi) is 2.87. The molecule has 96 valence electrons. The maximum atomic E-state index is 11.6. The minimum absolute atomic E-state index is 0.000463. The van der Waals surface area contributed by atoms with Gasteiger partial charge in [-0.15, -0.1) is 0 Å². The second-order valence-corrected chi connectivity index (χ2v) is 5.27. The first-order valence-corrected chi connectivity index (χ1v) is 5.89. The maximum Gasteiger partial charge on any atom is 0.258 e. The number of amides is 1. The van der Waals surface area contributed by atoms with Crippen LogP contribution in [-0.4, -0.2) is 39.8 Å². The van der Waals surface area contributed by atoms with Gasteiger partial charge in [0.15, 0.2) is 12.1 Å². The molecule has 0 saturated heterocycles. The van der Waals surface area contributed by atoms with Crippen molar-refractivity contribution in [2.24, 2.45) is 22.6 Å². The quantitative estimate of drug-likeness (QED) is 0.434. The van der Waals surface area contributed by atoms with Crippen molar-refractivity contribution in [2.75, 3.05) is 0 Å². The molecule has 1 amide bonds. The fourth-order valence-electron chi connectivity index (χ4n) is 2.93. The second-order valence-electron chi connectivity index (χ2n) is 5.27. The van der Waals surface area contributed by atoms with Crippen LogP contribution in [0.2, 0.25) is 0 Å². The number of aliphatic imine (C=N–C) groups is 1. The largest absolute Gasteiger partial charge is 0.393 e. The lowest BCUT2D eigenvalue weighted by Gasteiger charge is -2.47. The molecule has 1 aliphatic carbocycles. The van der Waals surface area contributed by atoms with E-state index in [0.29, 0.717) is 6.42 Å². The first kappa shape index (κ1) is 12.3. The smallest absolute Gasteiger partial charge is 0.258 e. The molecule has 0 radical (unpaired) electrons. The molecule has 0 aromatic rings. The molecule has 0 bridgehead atoms. The van der Waals surface area contributed by atoms with Gasteiger partial charge in [-0.2, -0.15) is 0 Å². The Morgan fingerprint density at radius 2 is 2.12 bits per heavy atom. The van der Waals surface area contributed by atoms with Gasteiger partial charge in [0, 0.05) is 6.42 Å². The summed E-state index contributed by atoms with van der Waals surface area (Å²) in [4.78, 5) is 15.8. The monoisotopic (exact) mass is 241 g/mol. The van der Waals surface area contributed by atoms with Gasteiger partial charge in [0.25, 0.3) is 5.91 Å². The van der Waals surface area contributed by atoms with Crippen LogP contribution in [0.1, 0.15) is 26.7 Å². The summed E-state index contributed by atoms with van der Waals surface area (Å²) in [6.07, 6.45) is -0.831. The van der Waals surface area contributed by atoms with Gasteiger partial charge in [-0.05, 0) is 18.3 Å².